The molecule has 0 saturated heterocycles. The van der Waals surface area contributed by atoms with Crippen LogP contribution < -0.4 is 0 Å². The lowest BCUT2D eigenvalue weighted by Crippen LogP contribution is -1.90. The van der Waals surface area contributed by atoms with E-state index in [2.05, 4.69) is 15.0 Å². The van der Waals surface area contributed by atoms with E-state index in [0.29, 0.717) is 22.9 Å². The Morgan fingerprint density at radius 3 is 2.05 bits per heavy atom. The summed E-state index contributed by atoms with van der Waals surface area (Å²) in [5.41, 5.74) is 2.62. The van der Waals surface area contributed by atoms with Gasteiger partial charge in [-0.3, -0.25) is 0 Å². The number of rotatable bonds is 2. The number of hydrogen-bond acceptors (Lipinski definition) is 4. The van der Waals surface area contributed by atoms with Gasteiger partial charge >= 0.3 is 0 Å². The Kier molecular flexibility index (Phi) is 3.09. The Morgan fingerprint density at radius 1 is 0.727 bits per heavy atom. The average Bonchev–Trinajstić information content (AvgIpc) is 3.01. The summed E-state index contributed by atoms with van der Waals surface area (Å²) in [5, 5.41) is 0.263. The fourth-order valence-corrected chi connectivity index (χ4v) is 2.41. The zero-order chi connectivity index (χ0) is 14.9. The third kappa shape index (κ3) is 2.23. The van der Waals surface area contributed by atoms with Crippen LogP contribution in [0.1, 0.15) is 0 Å². The molecule has 0 radical (unpaired) electrons. The van der Waals surface area contributed by atoms with Crippen molar-refractivity contribution in [3.8, 4) is 22.8 Å². The molecule has 2 aromatic carbocycles. The molecule has 0 saturated carbocycles. The Balaban J connectivity index is 1.88. The van der Waals surface area contributed by atoms with Gasteiger partial charge in [0.05, 0.1) is 0 Å². The predicted molar refractivity (Wildman–Crippen MR) is 85.5 cm³/mol. The van der Waals surface area contributed by atoms with E-state index in [0.717, 1.165) is 11.1 Å². The molecule has 4 rings (SSSR count). The molecule has 0 atom stereocenters. The Labute approximate surface area is 131 Å². The highest BCUT2D eigenvalue weighted by atomic mass is 35.5. The summed E-state index contributed by atoms with van der Waals surface area (Å²) in [4.78, 5) is 13.2. The maximum Gasteiger partial charge on any atom is 0.229 e. The molecule has 0 spiro atoms. The van der Waals surface area contributed by atoms with Gasteiger partial charge < -0.3 is 4.42 Å². The molecular formula is C17H10ClN3O. The summed E-state index contributed by atoms with van der Waals surface area (Å²) < 4.78 is 5.71. The third-order valence-electron chi connectivity index (χ3n) is 3.27. The van der Waals surface area contributed by atoms with Crippen LogP contribution in [0.3, 0.4) is 0 Å². The molecule has 0 N–H and O–H groups in total. The van der Waals surface area contributed by atoms with Gasteiger partial charge in [0.2, 0.25) is 17.1 Å². The van der Waals surface area contributed by atoms with Crippen LogP contribution in [0, 0.1) is 0 Å². The second-order valence-electron chi connectivity index (χ2n) is 4.74. The molecule has 0 unspecified atom stereocenters. The molecule has 22 heavy (non-hydrogen) atoms. The Hall–Kier alpha value is -2.72. The fraction of sp³-hybridized carbons (Fsp3) is 0. The number of oxazole rings is 1. The lowest BCUT2D eigenvalue weighted by molar-refractivity contribution is 0.618. The van der Waals surface area contributed by atoms with E-state index in [1.807, 2.05) is 60.7 Å². The third-order valence-corrected chi connectivity index (χ3v) is 3.52. The monoisotopic (exact) mass is 307 g/mol. The SMILES string of the molecule is Clc1nc(-c2ccccc2)nc2nc(-c3ccccc3)oc12. The van der Waals surface area contributed by atoms with Crippen molar-refractivity contribution in [1.82, 2.24) is 15.0 Å². The van der Waals surface area contributed by atoms with Crippen molar-refractivity contribution in [3.05, 3.63) is 65.8 Å². The molecule has 2 heterocycles. The molecule has 0 aliphatic carbocycles. The maximum atomic E-state index is 6.23. The van der Waals surface area contributed by atoms with Crippen LogP contribution in [-0.4, -0.2) is 15.0 Å². The molecule has 106 valence electrons. The number of hydrogen-bond donors (Lipinski definition) is 0. The first kappa shape index (κ1) is 13.0. The maximum absolute atomic E-state index is 6.23. The predicted octanol–water partition coefficient (Wildman–Crippen LogP) is 4.61. The van der Waals surface area contributed by atoms with Crippen molar-refractivity contribution in [2.45, 2.75) is 0 Å². The molecule has 4 aromatic rings. The first-order valence-electron chi connectivity index (χ1n) is 6.76. The summed E-state index contributed by atoms with van der Waals surface area (Å²) in [6.45, 7) is 0. The number of fused-ring (bicyclic) bond motifs is 1. The summed E-state index contributed by atoms with van der Waals surface area (Å²) in [6, 6.07) is 19.3. The van der Waals surface area contributed by atoms with Crippen LogP contribution in [0.15, 0.2) is 65.1 Å². The van der Waals surface area contributed by atoms with Gasteiger partial charge in [0, 0.05) is 11.1 Å². The number of halogens is 1. The zero-order valence-electron chi connectivity index (χ0n) is 11.4. The molecular weight excluding hydrogens is 298 g/mol. The van der Waals surface area contributed by atoms with Gasteiger partial charge in [-0.05, 0) is 12.1 Å². The molecule has 0 aliphatic rings. The van der Waals surface area contributed by atoms with Crippen LogP contribution >= 0.6 is 11.6 Å². The zero-order valence-corrected chi connectivity index (χ0v) is 12.2. The van der Waals surface area contributed by atoms with Crippen LogP contribution in [0.25, 0.3) is 34.1 Å². The summed E-state index contributed by atoms with van der Waals surface area (Å²) in [5.74, 6) is 1.02. The second-order valence-corrected chi connectivity index (χ2v) is 5.10. The average molecular weight is 308 g/mol. The lowest BCUT2D eigenvalue weighted by atomic mass is 10.2. The van der Waals surface area contributed by atoms with Crippen LogP contribution in [0.2, 0.25) is 5.15 Å². The van der Waals surface area contributed by atoms with Crippen molar-refractivity contribution < 1.29 is 4.42 Å². The van der Waals surface area contributed by atoms with Crippen molar-refractivity contribution in [2.24, 2.45) is 0 Å². The molecule has 4 nitrogen and oxygen atoms in total. The van der Waals surface area contributed by atoms with Crippen molar-refractivity contribution >= 4 is 22.8 Å². The van der Waals surface area contributed by atoms with E-state index in [1.54, 1.807) is 0 Å². The smallest absolute Gasteiger partial charge is 0.229 e. The molecule has 5 heteroatoms. The van der Waals surface area contributed by atoms with Gasteiger partial charge in [0.15, 0.2) is 11.0 Å². The standard InChI is InChI=1S/C17H10ClN3O/c18-14-13-16(20-15(19-14)11-7-3-1-4-8-11)21-17(22-13)12-9-5-2-6-10-12/h1-10H. The minimum absolute atomic E-state index is 0.263. The highest BCUT2D eigenvalue weighted by molar-refractivity contribution is 6.33. The highest BCUT2D eigenvalue weighted by Gasteiger charge is 2.15. The minimum Gasteiger partial charge on any atom is -0.431 e. The molecule has 0 aliphatic heterocycles. The first-order chi connectivity index (χ1) is 10.8. The van der Waals surface area contributed by atoms with Crippen LogP contribution in [0.4, 0.5) is 0 Å². The van der Waals surface area contributed by atoms with E-state index in [-0.39, 0.29) is 5.15 Å². The Bertz CT molecular complexity index is 936. The van der Waals surface area contributed by atoms with E-state index in [4.69, 9.17) is 16.0 Å². The molecule has 2 aromatic heterocycles. The fourth-order valence-electron chi connectivity index (χ4n) is 2.21. The van der Waals surface area contributed by atoms with Crippen LogP contribution in [-0.2, 0) is 0 Å². The molecule has 0 fully saturated rings. The molecule has 0 bridgehead atoms. The largest absolute Gasteiger partial charge is 0.431 e. The van der Waals surface area contributed by atoms with E-state index in [9.17, 15) is 0 Å². The first-order valence-corrected chi connectivity index (χ1v) is 7.14. The highest BCUT2D eigenvalue weighted by Crippen LogP contribution is 2.29. The normalized spacial score (nSPS) is 11.0. The minimum atomic E-state index is 0.263. The van der Waals surface area contributed by atoms with E-state index < -0.39 is 0 Å². The van der Waals surface area contributed by atoms with Crippen molar-refractivity contribution in [2.75, 3.05) is 0 Å². The van der Waals surface area contributed by atoms with Crippen molar-refractivity contribution in [3.63, 3.8) is 0 Å². The number of benzene rings is 2. The topological polar surface area (TPSA) is 51.8 Å². The van der Waals surface area contributed by atoms with Gasteiger partial charge in [-0.2, -0.15) is 4.98 Å². The van der Waals surface area contributed by atoms with Crippen LogP contribution in [0.5, 0.6) is 0 Å². The van der Waals surface area contributed by atoms with Gasteiger partial charge in [0.1, 0.15) is 0 Å². The summed E-state index contributed by atoms with van der Waals surface area (Å²) in [6.07, 6.45) is 0. The van der Waals surface area contributed by atoms with Crippen molar-refractivity contribution in [1.29, 1.82) is 0 Å². The summed E-state index contributed by atoms with van der Waals surface area (Å²) >= 11 is 6.23. The molecule has 0 amide bonds. The van der Waals surface area contributed by atoms with E-state index >= 15 is 0 Å². The van der Waals surface area contributed by atoms with E-state index in [1.165, 1.54) is 0 Å². The number of nitrogens with zero attached hydrogens (tertiary/aromatic N) is 3. The second kappa shape index (κ2) is 5.24. The summed E-state index contributed by atoms with van der Waals surface area (Å²) in [7, 11) is 0. The lowest BCUT2D eigenvalue weighted by Gasteiger charge is -1.99. The van der Waals surface area contributed by atoms with Gasteiger partial charge in [-0.25, -0.2) is 9.97 Å². The van der Waals surface area contributed by atoms with Gasteiger partial charge in [0.25, 0.3) is 0 Å². The Morgan fingerprint density at radius 2 is 1.36 bits per heavy atom. The number of aromatic nitrogens is 3. The quantitative estimate of drug-likeness (QED) is 0.508. The van der Waals surface area contributed by atoms with Gasteiger partial charge in [-0.1, -0.05) is 60.1 Å². The van der Waals surface area contributed by atoms with Gasteiger partial charge in [-0.15, -0.1) is 0 Å².